The van der Waals surface area contributed by atoms with E-state index in [-0.39, 0.29) is 37.6 Å². The molecule has 30 heavy (non-hydrogen) atoms. The Morgan fingerprint density at radius 3 is 1.13 bits per heavy atom. The Balaban J connectivity index is 4.17. The number of aliphatic hydroxyl groups is 3. The van der Waals surface area contributed by atoms with Crippen LogP contribution in [-0.2, 0) is 18.9 Å². The first-order valence-electron chi connectivity index (χ1n) is 11.1. The Hall–Kier alpha value is -0.280. The van der Waals surface area contributed by atoms with Gasteiger partial charge in [0.25, 0.3) is 0 Å². The molecule has 0 aliphatic rings. The molecule has 0 aromatic rings. The molecule has 0 saturated carbocycles. The standard InChI is InChI=1S/C23H48O7/c1-20(2,9-13-24)27-15-11-22(5,6)29-17-19(26)18-30-23(7,8)12-16-28-21(3,4)10-14-25/h19,24-26H,9-18H2,1-8H3. The van der Waals surface area contributed by atoms with E-state index >= 15 is 0 Å². The van der Waals surface area contributed by atoms with Crippen LogP contribution in [0.4, 0.5) is 0 Å². The zero-order valence-electron chi connectivity index (χ0n) is 20.6. The molecule has 0 aromatic carbocycles. The molecule has 0 aromatic heterocycles. The van der Waals surface area contributed by atoms with Crippen LogP contribution in [-0.4, -0.2) is 83.5 Å². The van der Waals surface area contributed by atoms with Crippen molar-refractivity contribution in [2.75, 3.05) is 39.6 Å². The number of hydrogen-bond donors (Lipinski definition) is 3. The lowest BCUT2D eigenvalue weighted by molar-refractivity contribution is -0.126. The highest BCUT2D eigenvalue weighted by Gasteiger charge is 2.26. The first kappa shape index (κ1) is 29.7. The van der Waals surface area contributed by atoms with Crippen molar-refractivity contribution in [2.45, 2.75) is 110 Å². The molecule has 0 fully saturated rings. The fourth-order valence-electron chi connectivity index (χ4n) is 2.67. The maximum Gasteiger partial charge on any atom is 0.101 e. The Morgan fingerprint density at radius 1 is 0.533 bits per heavy atom. The second kappa shape index (κ2) is 13.3. The van der Waals surface area contributed by atoms with Gasteiger partial charge in [0.2, 0.25) is 0 Å². The van der Waals surface area contributed by atoms with Gasteiger partial charge in [-0.1, -0.05) is 0 Å². The molecule has 3 N–H and O–H groups in total. The fourth-order valence-corrected chi connectivity index (χ4v) is 2.67. The van der Waals surface area contributed by atoms with Gasteiger partial charge in [-0.3, -0.25) is 0 Å². The van der Waals surface area contributed by atoms with Gasteiger partial charge in [0.15, 0.2) is 0 Å². The van der Waals surface area contributed by atoms with Gasteiger partial charge in [-0.15, -0.1) is 0 Å². The van der Waals surface area contributed by atoms with Crippen molar-refractivity contribution >= 4 is 0 Å². The predicted molar refractivity (Wildman–Crippen MR) is 119 cm³/mol. The molecule has 0 atom stereocenters. The number of rotatable bonds is 18. The summed E-state index contributed by atoms with van der Waals surface area (Å²) in [5, 5.41) is 28.4. The van der Waals surface area contributed by atoms with Crippen LogP contribution in [0.5, 0.6) is 0 Å². The van der Waals surface area contributed by atoms with Crippen molar-refractivity contribution in [1.29, 1.82) is 0 Å². The smallest absolute Gasteiger partial charge is 0.101 e. The van der Waals surface area contributed by atoms with Crippen molar-refractivity contribution in [3.05, 3.63) is 0 Å². The van der Waals surface area contributed by atoms with Crippen LogP contribution in [0.3, 0.4) is 0 Å². The van der Waals surface area contributed by atoms with E-state index in [1.165, 1.54) is 0 Å². The number of hydrogen-bond acceptors (Lipinski definition) is 7. The van der Waals surface area contributed by atoms with Gasteiger partial charge in [-0.25, -0.2) is 0 Å². The van der Waals surface area contributed by atoms with E-state index in [4.69, 9.17) is 29.2 Å². The van der Waals surface area contributed by atoms with Gasteiger partial charge in [-0.05, 0) is 81.1 Å². The summed E-state index contributed by atoms with van der Waals surface area (Å²) in [6.07, 6.45) is 1.82. The Morgan fingerprint density at radius 2 is 0.833 bits per heavy atom. The second-order valence-corrected chi connectivity index (χ2v) is 10.5. The van der Waals surface area contributed by atoms with Crippen LogP contribution in [0, 0.1) is 0 Å². The highest BCUT2D eigenvalue weighted by molar-refractivity contribution is 4.75. The lowest BCUT2D eigenvalue weighted by Gasteiger charge is -2.31. The Labute approximate surface area is 184 Å². The third-order valence-corrected chi connectivity index (χ3v) is 5.15. The highest BCUT2D eigenvalue weighted by Crippen LogP contribution is 2.21. The van der Waals surface area contributed by atoms with E-state index in [2.05, 4.69) is 0 Å². The highest BCUT2D eigenvalue weighted by atomic mass is 16.5. The summed E-state index contributed by atoms with van der Waals surface area (Å²) in [6, 6.07) is 0. The van der Waals surface area contributed by atoms with Crippen LogP contribution < -0.4 is 0 Å². The summed E-state index contributed by atoms with van der Waals surface area (Å²) in [4.78, 5) is 0. The average molecular weight is 437 g/mol. The van der Waals surface area contributed by atoms with E-state index < -0.39 is 17.3 Å². The molecular weight excluding hydrogens is 388 g/mol. The van der Waals surface area contributed by atoms with Crippen LogP contribution in [0.25, 0.3) is 0 Å². The van der Waals surface area contributed by atoms with Crippen LogP contribution in [0.2, 0.25) is 0 Å². The molecule has 182 valence electrons. The molecule has 0 saturated heterocycles. The van der Waals surface area contributed by atoms with E-state index in [1.54, 1.807) is 0 Å². The molecule has 0 aliphatic carbocycles. The number of ether oxygens (including phenoxy) is 4. The third kappa shape index (κ3) is 15.5. The monoisotopic (exact) mass is 436 g/mol. The van der Waals surface area contributed by atoms with Gasteiger partial charge in [-0.2, -0.15) is 0 Å². The van der Waals surface area contributed by atoms with Crippen LogP contribution >= 0.6 is 0 Å². The Bertz CT molecular complexity index is 407. The zero-order valence-corrected chi connectivity index (χ0v) is 20.6. The van der Waals surface area contributed by atoms with Crippen molar-refractivity contribution in [2.24, 2.45) is 0 Å². The minimum Gasteiger partial charge on any atom is -0.396 e. The number of aliphatic hydroxyl groups excluding tert-OH is 3. The van der Waals surface area contributed by atoms with Gasteiger partial charge in [0.1, 0.15) is 6.10 Å². The maximum atomic E-state index is 10.3. The molecule has 0 radical (unpaired) electrons. The second-order valence-electron chi connectivity index (χ2n) is 10.5. The van der Waals surface area contributed by atoms with E-state index in [0.29, 0.717) is 38.9 Å². The average Bonchev–Trinajstić information content (AvgIpc) is 2.57. The van der Waals surface area contributed by atoms with Gasteiger partial charge < -0.3 is 34.3 Å². The summed E-state index contributed by atoms with van der Waals surface area (Å²) in [6.45, 7) is 17.3. The maximum absolute atomic E-state index is 10.3. The van der Waals surface area contributed by atoms with Crippen molar-refractivity contribution in [3.8, 4) is 0 Å². The zero-order chi connectivity index (χ0) is 23.5. The largest absolute Gasteiger partial charge is 0.396 e. The van der Waals surface area contributed by atoms with Crippen LogP contribution in [0.1, 0.15) is 81.1 Å². The summed E-state index contributed by atoms with van der Waals surface area (Å²) in [5.41, 5.74) is -1.59. The molecule has 7 heteroatoms. The molecule has 0 spiro atoms. The van der Waals surface area contributed by atoms with Gasteiger partial charge >= 0.3 is 0 Å². The SMILES string of the molecule is CC(C)(CCO)OCCC(C)(C)OCC(O)COC(C)(C)CCOC(C)(C)CCO. The minimum absolute atomic E-state index is 0.0992. The summed E-state index contributed by atoms with van der Waals surface area (Å²) >= 11 is 0. The molecular formula is C23H48O7. The molecule has 7 nitrogen and oxygen atoms in total. The Kier molecular flexibility index (Phi) is 13.2. The van der Waals surface area contributed by atoms with Gasteiger partial charge in [0.05, 0.1) is 48.8 Å². The van der Waals surface area contributed by atoms with Crippen LogP contribution in [0.15, 0.2) is 0 Å². The van der Waals surface area contributed by atoms with Crippen molar-refractivity contribution in [1.82, 2.24) is 0 Å². The van der Waals surface area contributed by atoms with Gasteiger partial charge in [0, 0.05) is 13.2 Å². The molecule has 0 aliphatic heterocycles. The third-order valence-electron chi connectivity index (χ3n) is 5.15. The predicted octanol–water partition coefficient (Wildman–Crippen LogP) is 3.07. The van der Waals surface area contributed by atoms with Crippen molar-refractivity contribution < 1.29 is 34.3 Å². The lowest BCUT2D eigenvalue weighted by Crippen LogP contribution is -2.37. The molecule has 0 heterocycles. The quantitative estimate of drug-likeness (QED) is 0.304. The topological polar surface area (TPSA) is 97.6 Å². The lowest BCUT2D eigenvalue weighted by atomic mass is 10.0. The summed E-state index contributed by atoms with van der Waals surface area (Å²) in [5.74, 6) is 0. The first-order chi connectivity index (χ1) is 13.6. The van der Waals surface area contributed by atoms with Crippen molar-refractivity contribution in [3.63, 3.8) is 0 Å². The van der Waals surface area contributed by atoms with E-state index in [0.717, 1.165) is 0 Å². The molecule has 0 bridgehead atoms. The molecule has 0 unspecified atom stereocenters. The van der Waals surface area contributed by atoms with E-state index in [1.807, 2.05) is 55.4 Å². The normalized spacial score (nSPS) is 14.0. The van der Waals surface area contributed by atoms with E-state index in [9.17, 15) is 5.11 Å². The summed E-state index contributed by atoms with van der Waals surface area (Å²) < 4.78 is 23.4. The fraction of sp³-hybridized carbons (Fsp3) is 1.00. The molecule has 0 amide bonds. The molecule has 0 rings (SSSR count). The minimum atomic E-state index is -0.720. The first-order valence-corrected chi connectivity index (χ1v) is 11.1. The summed E-state index contributed by atoms with van der Waals surface area (Å²) in [7, 11) is 0.